The number of aliphatic imine (C=N–C) groups is 1. The molecule has 0 unspecified atom stereocenters. The Labute approximate surface area is 169 Å². The van der Waals surface area contributed by atoms with Crippen LogP contribution >= 0.6 is 11.8 Å². The van der Waals surface area contributed by atoms with Crippen molar-refractivity contribution in [2.45, 2.75) is 18.0 Å². The van der Waals surface area contributed by atoms with E-state index in [9.17, 15) is 4.79 Å². The molecule has 6 heteroatoms. The zero-order valence-electron chi connectivity index (χ0n) is 15.7. The van der Waals surface area contributed by atoms with Gasteiger partial charge in [-0.2, -0.15) is 0 Å². The topological polar surface area (TPSA) is 66.4 Å². The van der Waals surface area contributed by atoms with Crippen LogP contribution in [0.5, 0.6) is 0 Å². The molecule has 0 saturated carbocycles. The van der Waals surface area contributed by atoms with Crippen molar-refractivity contribution < 1.29 is 4.79 Å². The molecule has 28 heavy (non-hydrogen) atoms. The zero-order valence-corrected chi connectivity index (χ0v) is 16.5. The number of anilines is 1. The lowest BCUT2D eigenvalue weighted by molar-refractivity contribution is 0.0946. The average Bonchev–Trinajstić information content (AvgIpc) is 2.76. The number of nitrogens with zero attached hydrogens (tertiary/aromatic N) is 2. The number of hydrogen-bond donors (Lipinski definition) is 2. The number of benzene rings is 2. The Morgan fingerprint density at radius 1 is 1.04 bits per heavy atom. The van der Waals surface area contributed by atoms with Crippen molar-refractivity contribution in [1.29, 1.82) is 0 Å². The molecule has 0 aliphatic carbocycles. The highest BCUT2D eigenvalue weighted by Gasteiger charge is 2.09. The van der Waals surface area contributed by atoms with E-state index in [2.05, 4.69) is 27.3 Å². The van der Waals surface area contributed by atoms with E-state index < -0.39 is 0 Å². The molecule has 3 rings (SSSR count). The summed E-state index contributed by atoms with van der Waals surface area (Å²) in [6.45, 7) is 4.66. The smallest absolute Gasteiger partial charge is 0.270 e. The summed E-state index contributed by atoms with van der Waals surface area (Å²) in [6.07, 6.45) is 1.99. The summed E-state index contributed by atoms with van der Waals surface area (Å²) in [5.41, 5.74) is 3.39. The summed E-state index contributed by atoms with van der Waals surface area (Å²) >= 11 is 1.60. The number of aromatic nitrogens is 1. The molecule has 1 aromatic heterocycles. The number of carbonyl (C=O) groups is 1. The third-order valence-corrected chi connectivity index (χ3v) is 4.93. The number of rotatable bonds is 8. The van der Waals surface area contributed by atoms with Crippen LogP contribution in [0.2, 0.25) is 0 Å². The predicted octanol–water partition coefficient (Wildman–Crippen LogP) is 4.68. The van der Waals surface area contributed by atoms with Gasteiger partial charge in [0.1, 0.15) is 11.5 Å². The number of amides is 1. The first-order valence-electron chi connectivity index (χ1n) is 8.86. The van der Waals surface area contributed by atoms with E-state index in [0.29, 0.717) is 24.6 Å². The van der Waals surface area contributed by atoms with E-state index in [-0.39, 0.29) is 5.91 Å². The fourth-order valence-corrected chi connectivity index (χ4v) is 3.29. The molecule has 0 aliphatic rings. The second-order valence-corrected chi connectivity index (χ2v) is 6.94. The quantitative estimate of drug-likeness (QED) is 0.433. The standard InChI is InChI=1S/C22H22N4OS/c1-23-18-12-11-17(13-20(18)28-2)15-25-22(27)19-9-6-10-21(26-19)24-14-16-7-4-3-5-8-16/h3-13H,1,14-15H2,2H3,(H,24,26)(H,25,27). The molecule has 0 radical (unpaired) electrons. The highest BCUT2D eigenvalue weighted by molar-refractivity contribution is 7.98. The largest absolute Gasteiger partial charge is 0.366 e. The fourth-order valence-electron chi connectivity index (χ4n) is 2.68. The van der Waals surface area contributed by atoms with Crippen LogP contribution in [0.25, 0.3) is 0 Å². The van der Waals surface area contributed by atoms with Gasteiger partial charge in [-0.15, -0.1) is 11.8 Å². The minimum Gasteiger partial charge on any atom is -0.366 e. The van der Waals surface area contributed by atoms with Gasteiger partial charge in [-0.05, 0) is 48.4 Å². The molecule has 0 fully saturated rings. The molecule has 0 atom stereocenters. The van der Waals surface area contributed by atoms with Crippen LogP contribution in [0.1, 0.15) is 21.6 Å². The van der Waals surface area contributed by atoms with Crippen molar-refractivity contribution in [3.05, 3.63) is 83.6 Å². The van der Waals surface area contributed by atoms with Crippen molar-refractivity contribution in [1.82, 2.24) is 10.3 Å². The first-order valence-corrected chi connectivity index (χ1v) is 10.1. The van der Waals surface area contributed by atoms with Crippen molar-refractivity contribution in [3.8, 4) is 0 Å². The predicted molar refractivity (Wildman–Crippen MR) is 117 cm³/mol. The van der Waals surface area contributed by atoms with Crippen LogP contribution in [0.3, 0.4) is 0 Å². The average molecular weight is 391 g/mol. The van der Waals surface area contributed by atoms with Gasteiger partial charge in [-0.25, -0.2) is 4.98 Å². The summed E-state index contributed by atoms with van der Waals surface area (Å²) in [6, 6.07) is 21.3. The molecule has 142 valence electrons. The highest BCUT2D eigenvalue weighted by Crippen LogP contribution is 2.28. The van der Waals surface area contributed by atoms with Gasteiger partial charge >= 0.3 is 0 Å². The van der Waals surface area contributed by atoms with Crippen LogP contribution in [-0.2, 0) is 13.1 Å². The van der Waals surface area contributed by atoms with Crippen molar-refractivity contribution in [3.63, 3.8) is 0 Å². The van der Waals surface area contributed by atoms with E-state index in [1.807, 2.05) is 66.9 Å². The first-order chi connectivity index (χ1) is 13.7. The second-order valence-electron chi connectivity index (χ2n) is 6.09. The SMILES string of the molecule is C=Nc1ccc(CNC(=O)c2cccc(NCc3ccccc3)n2)cc1SC. The van der Waals surface area contributed by atoms with E-state index >= 15 is 0 Å². The minimum absolute atomic E-state index is 0.208. The van der Waals surface area contributed by atoms with Crippen molar-refractivity contribution in [2.75, 3.05) is 11.6 Å². The Hall–Kier alpha value is -3.12. The van der Waals surface area contributed by atoms with Crippen LogP contribution in [0.15, 0.2) is 76.6 Å². The number of thioether (sulfide) groups is 1. The Balaban J connectivity index is 1.60. The van der Waals surface area contributed by atoms with Gasteiger partial charge in [-0.3, -0.25) is 9.79 Å². The Kier molecular flexibility index (Phi) is 6.81. The van der Waals surface area contributed by atoms with Crippen LogP contribution in [-0.4, -0.2) is 23.9 Å². The van der Waals surface area contributed by atoms with Gasteiger partial charge < -0.3 is 10.6 Å². The molecule has 3 aromatic rings. The van der Waals surface area contributed by atoms with Gasteiger partial charge in [0.2, 0.25) is 0 Å². The van der Waals surface area contributed by atoms with Gasteiger partial charge in [0, 0.05) is 18.0 Å². The van der Waals surface area contributed by atoms with E-state index in [1.165, 1.54) is 0 Å². The molecule has 2 aromatic carbocycles. The molecule has 1 amide bonds. The zero-order chi connectivity index (χ0) is 19.8. The lowest BCUT2D eigenvalue weighted by Crippen LogP contribution is -2.24. The maximum absolute atomic E-state index is 12.5. The monoisotopic (exact) mass is 390 g/mol. The maximum Gasteiger partial charge on any atom is 0.270 e. The molecule has 0 saturated heterocycles. The van der Waals surface area contributed by atoms with Gasteiger partial charge in [0.25, 0.3) is 5.91 Å². The molecule has 0 spiro atoms. The van der Waals surface area contributed by atoms with Gasteiger partial charge in [0.05, 0.1) is 5.69 Å². The lowest BCUT2D eigenvalue weighted by Gasteiger charge is -2.10. The summed E-state index contributed by atoms with van der Waals surface area (Å²) < 4.78 is 0. The second kappa shape index (κ2) is 9.71. The molecule has 0 bridgehead atoms. The summed E-state index contributed by atoms with van der Waals surface area (Å²) in [5, 5.41) is 6.17. The molecule has 2 N–H and O–H groups in total. The Morgan fingerprint density at radius 2 is 1.86 bits per heavy atom. The number of nitrogens with one attached hydrogen (secondary N) is 2. The molecule has 0 aliphatic heterocycles. The van der Waals surface area contributed by atoms with Crippen molar-refractivity contribution in [2.24, 2.45) is 4.99 Å². The number of hydrogen-bond acceptors (Lipinski definition) is 5. The highest BCUT2D eigenvalue weighted by atomic mass is 32.2. The van der Waals surface area contributed by atoms with E-state index in [1.54, 1.807) is 17.8 Å². The summed E-state index contributed by atoms with van der Waals surface area (Å²) in [4.78, 5) is 21.9. The first kappa shape index (κ1) is 19.6. The Morgan fingerprint density at radius 3 is 2.61 bits per heavy atom. The van der Waals surface area contributed by atoms with Crippen LogP contribution in [0.4, 0.5) is 11.5 Å². The lowest BCUT2D eigenvalue weighted by atomic mass is 10.2. The summed E-state index contributed by atoms with van der Waals surface area (Å²) in [5.74, 6) is 0.461. The molecular formula is C22H22N4OS. The van der Waals surface area contributed by atoms with E-state index in [4.69, 9.17) is 0 Å². The third kappa shape index (κ3) is 5.20. The minimum atomic E-state index is -0.208. The number of pyridine rings is 1. The number of carbonyl (C=O) groups excluding carboxylic acids is 1. The molecule has 1 heterocycles. The van der Waals surface area contributed by atoms with Crippen LogP contribution < -0.4 is 10.6 Å². The molecular weight excluding hydrogens is 368 g/mol. The van der Waals surface area contributed by atoms with Crippen molar-refractivity contribution >= 4 is 35.9 Å². The molecule has 5 nitrogen and oxygen atoms in total. The maximum atomic E-state index is 12.5. The van der Waals surface area contributed by atoms with E-state index in [0.717, 1.165) is 21.7 Å². The Bertz CT molecular complexity index is 960. The van der Waals surface area contributed by atoms with Gasteiger partial charge in [0.15, 0.2) is 0 Å². The van der Waals surface area contributed by atoms with Crippen LogP contribution in [0, 0.1) is 0 Å². The van der Waals surface area contributed by atoms with Gasteiger partial charge in [-0.1, -0.05) is 42.5 Å². The normalized spacial score (nSPS) is 10.3. The fraction of sp³-hybridized carbons (Fsp3) is 0.136. The third-order valence-electron chi connectivity index (χ3n) is 4.17. The summed E-state index contributed by atoms with van der Waals surface area (Å²) in [7, 11) is 0.